The summed E-state index contributed by atoms with van der Waals surface area (Å²) in [6.45, 7) is 2.83. The molecule has 22 heavy (non-hydrogen) atoms. The fourth-order valence-electron chi connectivity index (χ4n) is 2.45. The summed E-state index contributed by atoms with van der Waals surface area (Å²) in [4.78, 5) is 25.7. The number of ether oxygens (including phenoxy) is 1. The SMILES string of the molecule is CCOC(=O)CCN(Cc1ccc(F)cc1)C(=O)C1CCC1. The Morgan fingerprint density at radius 1 is 1.27 bits per heavy atom. The van der Waals surface area contributed by atoms with E-state index in [-0.39, 0.29) is 30.0 Å². The lowest BCUT2D eigenvalue weighted by atomic mass is 9.84. The fraction of sp³-hybridized carbons (Fsp3) is 0.529. The van der Waals surface area contributed by atoms with Crippen molar-refractivity contribution in [2.45, 2.75) is 39.2 Å². The molecule has 0 aromatic heterocycles. The minimum atomic E-state index is -0.299. The molecule has 120 valence electrons. The quantitative estimate of drug-likeness (QED) is 0.728. The molecule has 0 spiro atoms. The Morgan fingerprint density at radius 2 is 1.95 bits per heavy atom. The summed E-state index contributed by atoms with van der Waals surface area (Å²) in [5.74, 6) is -0.442. The highest BCUT2D eigenvalue weighted by Gasteiger charge is 2.29. The molecule has 1 aromatic rings. The Bertz CT molecular complexity index is 511. The third-order valence-electron chi connectivity index (χ3n) is 3.94. The van der Waals surface area contributed by atoms with E-state index in [1.165, 1.54) is 12.1 Å². The molecule has 0 radical (unpaired) electrons. The van der Waals surface area contributed by atoms with Crippen LogP contribution in [0.15, 0.2) is 24.3 Å². The molecule has 4 nitrogen and oxygen atoms in total. The fourth-order valence-corrected chi connectivity index (χ4v) is 2.45. The Balaban J connectivity index is 1.98. The summed E-state index contributed by atoms with van der Waals surface area (Å²) in [6, 6.07) is 6.10. The molecule has 1 aliphatic carbocycles. The smallest absolute Gasteiger partial charge is 0.307 e. The first-order valence-electron chi connectivity index (χ1n) is 7.79. The molecule has 0 aliphatic heterocycles. The molecule has 0 atom stereocenters. The number of halogens is 1. The number of amides is 1. The van der Waals surface area contributed by atoms with E-state index in [9.17, 15) is 14.0 Å². The molecule has 1 fully saturated rings. The first-order valence-corrected chi connectivity index (χ1v) is 7.79. The van der Waals surface area contributed by atoms with E-state index in [4.69, 9.17) is 4.74 Å². The third kappa shape index (κ3) is 4.55. The van der Waals surface area contributed by atoms with Crippen LogP contribution in [0.25, 0.3) is 0 Å². The molecule has 0 bridgehead atoms. The van der Waals surface area contributed by atoms with Crippen LogP contribution in [-0.4, -0.2) is 29.9 Å². The lowest BCUT2D eigenvalue weighted by Crippen LogP contribution is -2.39. The highest BCUT2D eigenvalue weighted by molar-refractivity contribution is 5.80. The van der Waals surface area contributed by atoms with Gasteiger partial charge in [0.1, 0.15) is 5.82 Å². The van der Waals surface area contributed by atoms with Gasteiger partial charge in [0.2, 0.25) is 5.91 Å². The lowest BCUT2D eigenvalue weighted by molar-refractivity contribution is -0.145. The maximum absolute atomic E-state index is 13.0. The Labute approximate surface area is 130 Å². The Morgan fingerprint density at radius 3 is 2.50 bits per heavy atom. The molecule has 0 saturated heterocycles. The molecule has 0 unspecified atom stereocenters. The molecule has 5 heteroatoms. The largest absolute Gasteiger partial charge is 0.466 e. The van der Waals surface area contributed by atoms with Gasteiger partial charge in [0, 0.05) is 19.0 Å². The van der Waals surface area contributed by atoms with Crippen LogP contribution in [-0.2, 0) is 20.9 Å². The maximum atomic E-state index is 13.0. The average Bonchev–Trinajstić information content (AvgIpc) is 2.43. The molecule has 1 saturated carbocycles. The molecular formula is C17H22FNO3. The van der Waals surface area contributed by atoms with E-state index < -0.39 is 0 Å². The Kier molecular flexibility index (Phi) is 5.92. The van der Waals surface area contributed by atoms with Crippen LogP contribution in [0.3, 0.4) is 0 Å². The van der Waals surface area contributed by atoms with E-state index in [0.717, 1.165) is 24.8 Å². The predicted molar refractivity (Wildman–Crippen MR) is 80.4 cm³/mol. The van der Waals surface area contributed by atoms with E-state index >= 15 is 0 Å². The van der Waals surface area contributed by atoms with Gasteiger partial charge in [-0.15, -0.1) is 0 Å². The van der Waals surface area contributed by atoms with Gasteiger partial charge < -0.3 is 9.64 Å². The zero-order valence-corrected chi connectivity index (χ0v) is 12.9. The second-order valence-electron chi connectivity index (χ2n) is 5.57. The van der Waals surface area contributed by atoms with Crippen LogP contribution >= 0.6 is 0 Å². The van der Waals surface area contributed by atoms with Crippen molar-refractivity contribution in [1.29, 1.82) is 0 Å². The zero-order valence-electron chi connectivity index (χ0n) is 12.9. The molecule has 1 aliphatic rings. The first kappa shape index (κ1) is 16.5. The standard InChI is InChI=1S/C17H22FNO3/c1-2-22-16(20)10-11-19(17(21)14-4-3-5-14)12-13-6-8-15(18)9-7-13/h6-9,14H,2-5,10-12H2,1H3. The number of nitrogens with zero attached hydrogens (tertiary/aromatic N) is 1. The van der Waals surface area contributed by atoms with Crippen LogP contribution in [0.4, 0.5) is 4.39 Å². The summed E-state index contributed by atoms with van der Waals surface area (Å²) in [5, 5.41) is 0. The Hall–Kier alpha value is -1.91. The van der Waals surface area contributed by atoms with Crippen LogP contribution in [0.5, 0.6) is 0 Å². The molecule has 1 amide bonds. The molecular weight excluding hydrogens is 285 g/mol. The van der Waals surface area contributed by atoms with Crippen LogP contribution in [0, 0.1) is 11.7 Å². The number of hydrogen-bond acceptors (Lipinski definition) is 3. The summed E-state index contributed by atoms with van der Waals surface area (Å²) in [6.07, 6.45) is 3.10. The molecule has 2 rings (SSSR count). The van der Waals surface area contributed by atoms with Gasteiger partial charge in [0.25, 0.3) is 0 Å². The van der Waals surface area contributed by atoms with Crippen LogP contribution in [0.1, 0.15) is 38.2 Å². The number of esters is 1. The highest BCUT2D eigenvalue weighted by Crippen LogP contribution is 2.29. The van der Waals surface area contributed by atoms with E-state index in [1.807, 2.05) is 0 Å². The highest BCUT2D eigenvalue weighted by atomic mass is 19.1. The van der Waals surface area contributed by atoms with Crippen molar-refractivity contribution in [3.05, 3.63) is 35.6 Å². The lowest BCUT2D eigenvalue weighted by Gasteiger charge is -2.31. The van der Waals surface area contributed by atoms with Crippen molar-refractivity contribution in [3.8, 4) is 0 Å². The monoisotopic (exact) mass is 307 g/mol. The van der Waals surface area contributed by atoms with E-state index in [2.05, 4.69) is 0 Å². The number of carbonyl (C=O) groups excluding carboxylic acids is 2. The average molecular weight is 307 g/mol. The first-order chi connectivity index (χ1) is 10.6. The van der Waals surface area contributed by atoms with Crippen molar-refractivity contribution in [3.63, 3.8) is 0 Å². The van der Waals surface area contributed by atoms with Crippen molar-refractivity contribution in [1.82, 2.24) is 4.90 Å². The van der Waals surface area contributed by atoms with Gasteiger partial charge in [-0.25, -0.2) is 4.39 Å². The minimum absolute atomic E-state index is 0.0719. The summed E-state index contributed by atoms with van der Waals surface area (Å²) >= 11 is 0. The third-order valence-corrected chi connectivity index (χ3v) is 3.94. The molecule has 0 N–H and O–H groups in total. The summed E-state index contributed by atoms with van der Waals surface area (Å²) in [5.41, 5.74) is 0.859. The van der Waals surface area contributed by atoms with Crippen molar-refractivity contribution < 1.29 is 18.7 Å². The second kappa shape index (κ2) is 7.92. The predicted octanol–water partition coefficient (Wildman–Crippen LogP) is 2.91. The van der Waals surface area contributed by atoms with Crippen molar-refractivity contribution in [2.75, 3.05) is 13.2 Å². The van der Waals surface area contributed by atoms with E-state index in [1.54, 1.807) is 24.0 Å². The van der Waals surface area contributed by atoms with Gasteiger partial charge >= 0.3 is 5.97 Å². The number of carbonyl (C=O) groups is 2. The van der Waals surface area contributed by atoms with Gasteiger partial charge in [0.05, 0.1) is 13.0 Å². The van der Waals surface area contributed by atoms with Gasteiger partial charge in [-0.1, -0.05) is 18.6 Å². The minimum Gasteiger partial charge on any atom is -0.466 e. The van der Waals surface area contributed by atoms with Crippen LogP contribution < -0.4 is 0 Å². The summed E-state index contributed by atoms with van der Waals surface area (Å²) in [7, 11) is 0. The number of rotatable bonds is 7. The van der Waals surface area contributed by atoms with Crippen LogP contribution in [0.2, 0.25) is 0 Å². The zero-order chi connectivity index (χ0) is 15.9. The number of benzene rings is 1. The second-order valence-corrected chi connectivity index (χ2v) is 5.57. The van der Waals surface area contributed by atoms with E-state index in [0.29, 0.717) is 19.7 Å². The summed E-state index contributed by atoms with van der Waals surface area (Å²) < 4.78 is 17.9. The van der Waals surface area contributed by atoms with Gasteiger partial charge in [0.15, 0.2) is 0 Å². The maximum Gasteiger partial charge on any atom is 0.307 e. The molecule has 0 heterocycles. The topological polar surface area (TPSA) is 46.6 Å². The van der Waals surface area contributed by atoms with Crippen molar-refractivity contribution >= 4 is 11.9 Å². The normalized spacial score (nSPS) is 14.3. The molecule has 1 aromatic carbocycles. The van der Waals surface area contributed by atoms with Gasteiger partial charge in [-0.05, 0) is 37.5 Å². The van der Waals surface area contributed by atoms with Gasteiger partial charge in [-0.2, -0.15) is 0 Å². The van der Waals surface area contributed by atoms with Gasteiger partial charge in [-0.3, -0.25) is 9.59 Å². The number of hydrogen-bond donors (Lipinski definition) is 0. The van der Waals surface area contributed by atoms with Crippen molar-refractivity contribution in [2.24, 2.45) is 5.92 Å².